The molecule has 1 unspecified atom stereocenters. The summed E-state index contributed by atoms with van der Waals surface area (Å²) in [6.07, 6.45) is 5.39. The van der Waals surface area contributed by atoms with Crippen LogP contribution in [0.4, 0.5) is 0 Å². The molecule has 0 aromatic rings. The van der Waals surface area contributed by atoms with Crippen molar-refractivity contribution in [3.8, 4) is 0 Å². The van der Waals surface area contributed by atoms with Crippen LogP contribution in [0.3, 0.4) is 0 Å². The Bertz CT molecular complexity index is 281. The highest BCUT2D eigenvalue weighted by atomic mass is 16.5. The maximum Gasteiger partial charge on any atom is 0.323 e. The van der Waals surface area contributed by atoms with Gasteiger partial charge in [0.15, 0.2) is 0 Å². The molecule has 0 amide bonds. The number of rotatable bonds is 6. The number of carboxylic acid groups (broad SMARTS) is 1. The molecule has 4 nitrogen and oxygen atoms in total. The molecular weight excluding hydrogens is 230 g/mol. The fraction of sp³-hybridized carbons (Fsp3) is 0.929. The van der Waals surface area contributed by atoms with Gasteiger partial charge in [-0.15, -0.1) is 0 Å². The number of nitrogens with one attached hydrogen (secondary N) is 1. The smallest absolute Gasteiger partial charge is 0.323 e. The molecule has 1 rings (SSSR count). The third-order valence-corrected chi connectivity index (χ3v) is 4.27. The van der Waals surface area contributed by atoms with Gasteiger partial charge in [-0.3, -0.25) is 4.79 Å². The molecule has 0 aliphatic heterocycles. The van der Waals surface area contributed by atoms with Gasteiger partial charge in [-0.1, -0.05) is 13.8 Å². The molecule has 1 saturated carbocycles. The van der Waals surface area contributed by atoms with E-state index in [0.717, 1.165) is 12.8 Å². The summed E-state index contributed by atoms with van der Waals surface area (Å²) in [6, 6.07) is 0. The Hall–Kier alpha value is -0.610. The SMILES string of the molecule is CNC(C)(CCOC1CCC(C)(C)CC1)C(=O)O. The molecule has 1 aliphatic rings. The third-order valence-electron chi connectivity index (χ3n) is 4.27. The Kier molecular flexibility index (Phi) is 5.17. The Balaban J connectivity index is 2.28. The second-order valence-electron chi connectivity index (χ2n) is 6.37. The number of likely N-dealkylation sites (N-methyl/N-ethyl adjacent to an activating group) is 1. The monoisotopic (exact) mass is 257 g/mol. The lowest BCUT2D eigenvalue weighted by Gasteiger charge is -2.34. The highest BCUT2D eigenvalue weighted by Gasteiger charge is 2.32. The third kappa shape index (κ3) is 4.25. The molecule has 0 spiro atoms. The van der Waals surface area contributed by atoms with E-state index >= 15 is 0 Å². The van der Waals surface area contributed by atoms with Gasteiger partial charge in [0.05, 0.1) is 6.10 Å². The first-order valence-electron chi connectivity index (χ1n) is 6.83. The van der Waals surface area contributed by atoms with Crippen LogP contribution in [0.15, 0.2) is 0 Å². The van der Waals surface area contributed by atoms with E-state index < -0.39 is 11.5 Å². The van der Waals surface area contributed by atoms with Crippen molar-refractivity contribution < 1.29 is 14.6 Å². The van der Waals surface area contributed by atoms with Gasteiger partial charge >= 0.3 is 5.97 Å². The van der Waals surface area contributed by atoms with Crippen LogP contribution >= 0.6 is 0 Å². The van der Waals surface area contributed by atoms with Crippen molar-refractivity contribution in [2.24, 2.45) is 5.41 Å². The number of carboxylic acids is 1. The van der Waals surface area contributed by atoms with Gasteiger partial charge in [0.25, 0.3) is 0 Å². The van der Waals surface area contributed by atoms with Crippen molar-refractivity contribution >= 4 is 5.97 Å². The number of ether oxygens (including phenoxy) is 1. The van der Waals surface area contributed by atoms with Crippen molar-refractivity contribution in [2.45, 2.75) is 64.5 Å². The fourth-order valence-corrected chi connectivity index (χ4v) is 2.31. The highest BCUT2D eigenvalue weighted by Crippen LogP contribution is 2.36. The van der Waals surface area contributed by atoms with Crippen LogP contribution in [0.25, 0.3) is 0 Å². The number of carbonyl (C=O) groups is 1. The number of aliphatic carboxylic acids is 1. The highest BCUT2D eigenvalue weighted by molar-refractivity contribution is 5.78. The fourth-order valence-electron chi connectivity index (χ4n) is 2.31. The predicted molar refractivity (Wildman–Crippen MR) is 71.7 cm³/mol. The minimum absolute atomic E-state index is 0.313. The number of hydrogen-bond donors (Lipinski definition) is 2. The van der Waals surface area contributed by atoms with E-state index in [4.69, 9.17) is 9.84 Å². The van der Waals surface area contributed by atoms with Crippen molar-refractivity contribution in [2.75, 3.05) is 13.7 Å². The molecule has 4 heteroatoms. The zero-order chi connectivity index (χ0) is 13.8. The maximum absolute atomic E-state index is 11.1. The normalized spacial score (nSPS) is 23.6. The molecule has 1 atom stereocenters. The quantitative estimate of drug-likeness (QED) is 0.767. The largest absolute Gasteiger partial charge is 0.480 e. The molecular formula is C14H27NO3. The Morgan fingerprint density at radius 3 is 2.44 bits per heavy atom. The lowest BCUT2D eigenvalue weighted by molar-refractivity contribution is -0.145. The molecule has 0 aromatic carbocycles. The minimum atomic E-state index is -0.881. The second-order valence-corrected chi connectivity index (χ2v) is 6.37. The maximum atomic E-state index is 11.1. The van der Waals surface area contributed by atoms with Gasteiger partial charge in [-0.25, -0.2) is 0 Å². The number of hydrogen-bond acceptors (Lipinski definition) is 3. The first kappa shape index (κ1) is 15.4. The predicted octanol–water partition coefficient (Wildman–Crippen LogP) is 2.42. The van der Waals surface area contributed by atoms with Crippen molar-refractivity contribution in [1.82, 2.24) is 5.32 Å². The van der Waals surface area contributed by atoms with E-state index in [0.29, 0.717) is 24.5 Å². The molecule has 2 N–H and O–H groups in total. The van der Waals surface area contributed by atoms with E-state index in [1.807, 2.05) is 0 Å². The summed E-state index contributed by atoms with van der Waals surface area (Å²) < 4.78 is 5.82. The Morgan fingerprint density at radius 1 is 1.44 bits per heavy atom. The van der Waals surface area contributed by atoms with Crippen molar-refractivity contribution in [3.05, 3.63) is 0 Å². The van der Waals surface area contributed by atoms with Crippen LogP contribution in [-0.2, 0) is 9.53 Å². The van der Waals surface area contributed by atoms with E-state index in [9.17, 15) is 4.79 Å². The van der Waals surface area contributed by atoms with Crippen LogP contribution < -0.4 is 5.32 Å². The topological polar surface area (TPSA) is 58.6 Å². The van der Waals surface area contributed by atoms with Crippen LogP contribution in [-0.4, -0.2) is 36.4 Å². The molecule has 1 aliphatic carbocycles. The van der Waals surface area contributed by atoms with E-state index in [1.54, 1.807) is 14.0 Å². The molecule has 18 heavy (non-hydrogen) atoms. The first-order valence-corrected chi connectivity index (χ1v) is 6.83. The summed E-state index contributed by atoms with van der Waals surface area (Å²) in [5, 5.41) is 12.0. The molecule has 0 saturated heterocycles. The summed E-state index contributed by atoms with van der Waals surface area (Å²) in [5.74, 6) is -0.821. The lowest BCUT2D eigenvalue weighted by Crippen LogP contribution is -2.48. The summed E-state index contributed by atoms with van der Waals surface area (Å²) in [5.41, 5.74) is -0.436. The molecule has 1 fully saturated rings. The average Bonchev–Trinajstić information content (AvgIpc) is 2.31. The van der Waals surface area contributed by atoms with Crippen molar-refractivity contribution in [3.63, 3.8) is 0 Å². The van der Waals surface area contributed by atoms with E-state index in [1.165, 1.54) is 12.8 Å². The summed E-state index contributed by atoms with van der Waals surface area (Å²) in [4.78, 5) is 11.1. The van der Waals surface area contributed by atoms with Gasteiger partial charge in [0.2, 0.25) is 0 Å². The minimum Gasteiger partial charge on any atom is -0.480 e. The van der Waals surface area contributed by atoms with Gasteiger partial charge in [0.1, 0.15) is 5.54 Å². The van der Waals surface area contributed by atoms with Gasteiger partial charge in [0, 0.05) is 6.61 Å². The average molecular weight is 257 g/mol. The van der Waals surface area contributed by atoms with Gasteiger partial charge in [-0.2, -0.15) is 0 Å². The molecule has 0 bridgehead atoms. The van der Waals surface area contributed by atoms with Crippen LogP contribution in [0.5, 0.6) is 0 Å². The van der Waals surface area contributed by atoms with Gasteiger partial charge < -0.3 is 15.2 Å². The van der Waals surface area contributed by atoms with E-state index in [-0.39, 0.29) is 0 Å². The zero-order valence-corrected chi connectivity index (χ0v) is 12.1. The summed E-state index contributed by atoms with van der Waals surface area (Å²) >= 11 is 0. The molecule has 0 heterocycles. The second kappa shape index (κ2) is 6.02. The standard InChI is InChI=1S/C14H27NO3/c1-13(2)7-5-11(6-8-13)18-10-9-14(3,15-4)12(16)17/h11,15H,5-10H2,1-4H3,(H,16,17). The van der Waals surface area contributed by atoms with Crippen LogP contribution in [0.1, 0.15) is 52.9 Å². The molecule has 0 radical (unpaired) electrons. The molecule has 106 valence electrons. The van der Waals surface area contributed by atoms with Crippen LogP contribution in [0, 0.1) is 5.41 Å². The van der Waals surface area contributed by atoms with Gasteiger partial charge in [-0.05, 0) is 51.5 Å². The van der Waals surface area contributed by atoms with Crippen LogP contribution in [0.2, 0.25) is 0 Å². The molecule has 0 aromatic heterocycles. The van der Waals surface area contributed by atoms with Crippen molar-refractivity contribution in [1.29, 1.82) is 0 Å². The summed E-state index contributed by atoms with van der Waals surface area (Å²) in [7, 11) is 1.68. The zero-order valence-electron chi connectivity index (χ0n) is 12.1. The summed E-state index contributed by atoms with van der Waals surface area (Å²) in [6.45, 7) is 6.80. The Labute approximate surface area is 110 Å². The Morgan fingerprint density at radius 2 is 2.00 bits per heavy atom. The van der Waals surface area contributed by atoms with E-state index in [2.05, 4.69) is 19.2 Å². The first-order chi connectivity index (χ1) is 8.29. The lowest BCUT2D eigenvalue weighted by atomic mass is 9.76.